The summed E-state index contributed by atoms with van der Waals surface area (Å²) in [5, 5.41) is 12.4. The zero-order chi connectivity index (χ0) is 13.8. The number of hydrogen-bond donors (Lipinski definition) is 2. The molecule has 2 rings (SSSR count). The lowest BCUT2D eigenvalue weighted by Crippen LogP contribution is -2.30. The smallest absolute Gasteiger partial charge is 0.0670 e. The van der Waals surface area contributed by atoms with Crippen LogP contribution in [0.3, 0.4) is 0 Å². The molecule has 3 nitrogen and oxygen atoms in total. The molecule has 3 N–H and O–H groups in total. The summed E-state index contributed by atoms with van der Waals surface area (Å²) >= 11 is 0. The van der Waals surface area contributed by atoms with Crippen LogP contribution in [-0.4, -0.2) is 6.04 Å². The highest BCUT2D eigenvalue weighted by Crippen LogP contribution is 2.31. The van der Waals surface area contributed by atoms with E-state index in [1.165, 1.54) is 19.3 Å². The molecule has 3 unspecified atom stereocenters. The summed E-state index contributed by atoms with van der Waals surface area (Å²) in [4.78, 5) is 0. The molecule has 1 saturated carbocycles. The van der Waals surface area contributed by atoms with E-state index in [-0.39, 0.29) is 0 Å². The molecule has 0 spiro atoms. The lowest BCUT2D eigenvalue weighted by atomic mass is 9.79. The van der Waals surface area contributed by atoms with Crippen LogP contribution in [0.2, 0.25) is 0 Å². The van der Waals surface area contributed by atoms with Gasteiger partial charge >= 0.3 is 0 Å². The van der Waals surface area contributed by atoms with Crippen LogP contribution in [0, 0.1) is 23.2 Å². The van der Waals surface area contributed by atoms with E-state index >= 15 is 0 Å². The summed E-state index contributed by atoms with van der Waals surface area (Å²) in [6, 6.07) is 8.63. The minimum atomic E-state index is 0.374. The van der Waals surface area contributed by atoms with Gasteiger partial charge in [0.2, 0.25) is 0 Å². The third-order valence-corrected chi connectivity index (χ3v) is 4.38. The Morgan fingerprint density at radius 2 is 2.11 bits per heavy atom. The van der Waals surface area contributed by atoms with Crippen molar-refractivity contribution in [3.63, 3.8) is 0 Å². The van der Waals surface area contributed by atoms with E-state index in [0.717, 1.165) is 23.1 Å². The maximum atomic E-state index is 8.79. The molecule has 0 radical (unpaired) electrons. The van der Waals surface area contributed by atoms with Crippen LogP contribution in [0.25, 0.3) is 0 Å². The van der Waals surface area contributed by atoms with Gasteiger partial charge in [-0.25, -0.2) is 0 Å². The molecule has 1 aromatic rings. The van der Waals surface area contributed by atoms with Crippen molar-refractivity contribution in [1.82, 2.24) is 0 Å². The van der Waals surface area contributed by atoms with Crippen molar-refractivity contribution in [3.8, 4) is 6.07 Å². The van der Waals surface area contributed by atoms with Crippen molar-refractivity contribution in [1.29, 1.82) is 5.26 Å². The van der Waals surface area contributed by atoms with Gasteiger partial charge in [0, 0.05) is 17.4 Å². The molecule has 0 aliphatic heterocycles. The third kappa shape index (κ3) is 3.41. The summed E-state index contributed by atoms with van der Waals surface area (Å²) in [5.41, 5.74) is 8.59. The second-order valence-corrected chi connectivity index (χ2v) is 5.86. The van der Waals surface area contributed by atoms with Crippen molar-refractivity contribution in [2.45, 2.75) is 45.6 Å². The molecule has 3 atom stereocenters. The van der Waals surface area contributed by atoms with Crippen LogP contribution in [-0.2, 0) is 6.42 Å². The Bertz CT molecular complexity index is 475. The Balaban J connectivity index is 2.03. The Morgan fingerprint density at radius 3 is 2.79 bits per heavy atom. The molecule has 1 aromatic carbocycles. The molecular formula is C16H23N3. The topological polar surface area (TPSA) is 61.8 Å². The standard InChI is InChI=1S/C16H23N3/c1-11-3-4-14(9-12(11)2)19-15-5-6-16(18)13(10-15)7-8-17/h5-6,10-12,14,19H,3-4,7,9,18H2,1-2H3. The van der Waals surface area contributed by atoms with Gasteiger partial charge in [-0.2, -0.15) is 5.26 Å². The van der Waals surface area contributed by atoms with Gasteiger partial charge < -0.3 is 11.1 Å². The van der Waals surface area contributed by atoms with Gasteiger partial charge in [-0.3, -0.25) is 0 Å². The van der Waals surface area contributed by atoms with E-state index in [2.05, 4.69) is 25.2 Å². The van der Waals surface area contributed by atoms with E-state index in [1.54, 1.807) is 0 Å². The molecular weight excluding hydrogens is 234 g/mol. The van der Waals surface area contributed by atoms with E-state index in [9.17, 15) is 0 Å². The molecule has 0 amide bonds. The highest BCUT2D eigenvalue weighted by Gasteiger charge is 2.24. The number of nitrogens with two attached hydrogens (primary N) is 1. The van der Waals surface area contributed by atoms with Gasteiger partial charge in [-0.15, -0.1) is 0 Å². The Hall–Kier alpha value is -1.69. The van der Waals surface area contributed by atoms with Crippen molar-refractivity contribution < 1.29 is 0 Å². The maximum Gasteiger partial charge on any atom is 0.0670 e. The van der Waals surface area contributed by atoms with Crippen molar-refractivity contribution in [2.75, 3.05) is 11.1 Å². The molecule has 1 aliphatic carbocycles. The third-order valence-electron chi connectivity index (χ3n) is 4.38. The summed E-state index contributed by atoms with van der Waals surface area (Å²) < 4.78 is 0. The van der Waals surface area contributed by atoms with E-state index in [0.29, 0.717) is 18.2 Å². The van der Waals surface area contributed by atoms with Crippen LogP contribution in [0.5, 0.6) is 0 Å². The Labute approximate surface area is 115 Å². The molecule has 0 heterocycles. The zero-order valence-corrected chi connectivity index (χ0v) is 11.8. The molecule has 19 heavy (non-hydrogen) atoms. The largest absolute Gasteiger partial charge is 0.398 e. The van der Waals surface area contributed by atoms with Gasteiger partial charge in [0.25, 0.3) is 0 Å². The maximum absolute atomic E-state index is 8.79. The second kappa shape index (κ2) is 5.97. The second-order valence-electron chi connectivity index (χ2n) is 5.86. The average molecular weight is 257 g/mol. The normalized spacial score (nSPS) is 26.7. The molecule has 1 aliphatic rings. The number of nitrogens with one attached hydrogen (secondary N) is 1. The fraction of sp³-hybridized carbons (Fsp3) is 0.562. The van der Waals surface area contributed by atoms with Gasteiger partial charge in [-0.05, 0) is 54.9 Å². The summed E-state index contributed by atoms with van der Waals surface area (Å²) in [6.45, 7) is 4.68. The Kier molecular flexibility index (Phi) is 4.31. The van der Waals surface area contributed by atoms with E-state index in [1.807, 2.05) is 18.2 Å². The first-order valence-corrected chi connectivity index (χ1v) is 7.12. The van der Waals surface area contributed by atoms with E-state index < -0.39 is 0 Å². The van der Waals surface area contributed by atoms with Crippen molar-refractivity contribution in [3.05, 3.63) is 23.8 Å². The highest BCUT2D eigenvalue weighted by atomic mass is 14.9. The SMILES string of the molecule is CC1CCC(Nc2ccc(N)c(CC#N)c2)CC1C. The predicted molar refractivity (Wildman–Crippen MR) is 79.8 cm³/mol. The average Bonchev–Trinajstić information content (AvgIpc) is 2.38. The number of rotatable bonds is 3. The fourth-order valence-corrected chi connectivity index (χ4v) is 2.85. The quantitative estimate of drug-likeness (QED) is 0.814. The molecule has 0 saturated heterocycles. The lowest BCUT2D eigenvalue weighted by molar-refractivity contribution is 0.261. The Morgan fingerprint density at radius 1 is 1.32 bits per heavy atom. The van der Waals surface area contributed by atoms with E-state index in [4.69, 9.17) is 11.0 Å². The molecule has 0 aromatic heterocycles. The first-order valence-electron chi connectivity index (χ1n) is 7.12. The summed E-state index contributed by atoms with van der Waals surface area (Å²) in [5.74, 6) is 1.61. The van der Waals surface area contributed by atoms with Gasteiger partial charge in [0.1, 0.15) is 0 Å². The number of nitrogens with zero attached hydrogens (tertiary/aromatic N) is 1. The van der Waals surface area contributed by atoms with Crippen LogP contribution in [0.1, 0.15) is 38.7 Å². The zero-order valence-electron chi connectivity index (χ0n) is 11.8. The summed E-state index contributed by atoms with van der Waals surface area (Å²) in [7, 11) is 0. The van der Waals surface area contributed by atoms with Gasteiger partial charge in [0.05, 0.1) is 12.5 Å². The molecule has 3 heteroatoms. The van der Waals surface area contributed by atoms with Gasteiger partial charge in [0.15, 0.2) is 0 Å². The van der Waals surface area contributed by atoms with Crippen LogP contribution < -0.4 is 11.1 Å². The molecule has 102 valence electrons. The number of nitriles is 1. The molecule has 1 fully saturated rings. The van der Waals surface area contributed by atoms with Gasteiger partial charge in [-0.1, -0.05) is 13.8 Å². The number of nitrogen functional groups attached to an aromatic ring is 1. The number of anilines is 2. The number of hydrogen-bond acceptors (Lipinski definition) is 3. The van der Waals surface area contributed by atoms with Crippen LogP contribution >= 0.6 is 0 Å². The van der Waals surface area contributed by atoms with Crippen LogP contribution in [0.4, 0.5) is 11.4 Å². The highest BCUT2D eigenvalue weighted by molar-refractivity contribution is 5.58. The minimum absolute atomic E-state index is 0.374. The number of benzene rings is 1. The first-order chi connectivity index (χ1) is 9.10. The predicted octanol–water partition coefficient (Wildman–Crippen LogP) is 3.57. The fourth-order valence-electron chi connectivity index (χ4n) is 2.85. The monoisotopic (exact) mass is 257 g/mol. The molecule has 0 bridgehead atoms. The lowest BCUT2D eigenvalue weighted by Gasteiger charge is -2.33. The van der Waals surface area contributed by atoms with Crippen molar-refractivity contribution in [2.24, 2.45) is 11.8 Å². The van der Waals surface area contributed by atoms with Crippen LogP contribution in [0.15, 0.2) is 18.2 Å². The minimum Gasteiger partial charge on any atom is -0.398 e. The van der Waals surface area contributed by atoms with Crippen molar-refractivity contribution >= 4 is 11.4 Å². The first kappa shape index (κ1) is 13.7. The summed E-state index contributed by atoms with van der Waals surface area (Å²) in [6.07, 6.45) is 4.11.